The van der Waals surface area contributed by atoms with Gasteiger partial charge in [0.05, 0.1) is 50.3 Å². The fourth-order valence-electron chi connectivity index (χ4n) is 5.43. The first-order valence-electron chi connectivity index (χ1n) is 23.9. The molecule has 0 aliphatic carbocycles. The number of halogens is 17. The number of hydrogen-bond donors (Lipinski definition) is 0. The highest BCUT2D eigenvalue weighted by molar-refractivity contribution is 9.10. The molecule has 9 rings (SSSR count). The van der Waals surface area contributed by atoms with Crippen LogP contribution in [0.3, 0.4) is 0 Å². The Balaban J connectivity index is 0.000000479. The SMILES string of the molecule is Cc1ccccc1C(F)(F)F.Cc1ncccc1Br.Cc1ncccc1C(F)(F)F.Cc1ncccc1C(F)F.Cc1ncccc1Cl.Cc1nccnc1Br.Cc1nccnc1C(F)(F)F.Cc1nccnc1C(F)F.Cc1nccnc1Cl. The highest BCUT2D eigenvalue weighted by atomic mass is 79.9. The number of hydrogen-bond acceptors (Lipinski definition) is 12. The van der Waals surface area contributed by atoms with Gasteiger partial charge in [0.25, 0.3) is 12.9 Å². The Kier molecular flexibility index (Phi) is 34.5. The first-order chi connectivity index (χ1) is 39.7. The standard InChI is InChI=1S/C8H7F3.C7H6F3N.C7H7F2N.C6H6BrN.C6H6ClN.C6H5F3N2.C6H6F2N2.C5H5BrN2.C5H5ClN2/c1-6-4-2-3-5-7(6)8(9,10)11;1-5-6(7(8,9)10)3-2-4-11-5;1-5-6(7(8)9)3-2-4-10-5;2*1-5-6(7)3-2-4-8-5;1-4-5(6(7,8)9)11-3-2-10-4;1-4-5(6(7)8)10-3-2-9-4;2*1-4-5(6)8-3-2-7-4/h2-5H,1H3;2-4H,1H3;2-4,7H,1H3;2*2-4H,1H3;2-3H,1H3;2-3,6H,1H3;2*2-3H,1H3. The number of rotatable bonds is 2. The van der Waals surface area contributed by atoms with E-state index >= 15 is 0 Å². The van der Waals surface area contributed by atoms with Crippen molar-refractivity contribution in [3.8, 4) is 0 Å². The topological polar surface area (TPSA) is 155 Å². The van der Waals surface area contributed by atoms with Gasteiger partial charge in [0, 0.05) is 95.8 Å². The monoisotopic (exact) mass is 1370 g/mol. The molecular formula is C56H53Br2Cl2F13N12. The Morgan fingerprint density at radius 2 is 0.776 bits per heavy atom. The van der Waals surface area contributed by atoms with Crippen molar-refractivity contribution in [1.82, 2.24) is 59.8 Å². The maximum atomic E-state index is 12.0. The van der Waals surface area contributed by atoms with Crippen LogP contribution in [0.5, 0.6) is 0 Å². The van der Waals surface area contributed by atoms with E-state index in [9.17, 15) is 57.1 Å². The molecular weight excluding hydrogens is 1320 g/mol. The van der Waals surface area contributed by atoms with Gasteiger partial charge in [-0.1, -0.05) is 41.4 Å². The first-order valence-corrected chi connectivity index (χ1v) is 26.3. The third kappa shape index (κ3) is 30.9. The third-order valence-corrected chi connectivity index (χ3v) is 12.2. The second-order valence-electron chi connectivity index (χ2n) is 16.2. The third-order valence-electron chi connectivity index (χ3n) is 9.85. The normalized spacial score (nSPS) is 10.4. The van der Waals surface area contributed by atoms with Crippen LogP contribution in [0.1, 0.15) is 92.0 Å². The van der Waals surface area contributed by atoms with Crippen molar-refractivity contribution < 1.29 is 57.1 Å². The number of aryl methyl sites for hydroxylation is 9. The van der Waals surface area contributed by atoms with Crippen LogP contribution in [-0.2, 0) is 18.5 Å². The van der Waals surface area contributed by atoms with E-state index in [2.05, 4.69) is 91.7 Å². The maximum absolute atomic E-state index is 12.0. The molecule has 0 aliphatic heterocycles. The van der Waals surface area contributed by atoms with Gasteiger partial charge < -0.3 is 0 Å². The molecule has 1 aromatic carbocycles. The smallest absolute Gasteiger partial charge is 0.261 e. The summed E-state index contributed by atoms with van der Waals surface area (Å²) in [5.74, 6) is 0. The molecule has 9 aromatic rings. The van der Waals surface area contributed by atoms with E-state index in [1.54, 1.807) is 50.2 Å². The second kappa shape index (κ2) is 38.7. The average molecular weight is 1370 g/mol. The zero-order valence-corrected chi connectivity index (χ0v) is 51.0. The Morgan fingerprint density at radius 3 is 1.08 bits per heavy atom. The molecule has 0 fully saturated rings. The van der Waals surface area contributed by atoms with Crippen molar-refractivity contribution >= 4 is 55.1 Å². The lowest BCUT2D eigenvalue weighted by Crippen LogP contribution is -2.10. The Labute approximate surface area is 508 Å². The molecule has 0 spiro atoms. The average Bonchev–Trinajstić information content (AvgIpc) is 3.63. The zero-order valence-electron chi connectivity index (χ0n) is 46.3. The summed E-state index contributed by atoms with van der Waals surface area (Å²) < 4.78 is 158. The Bertz CT molecular complexity index is 2930. The highest BCUT2D eigenvalue weighted by Gasteiger charge is 2.35. The van der Waals surface area contributed by atoms with Gasteiger partial charge in [-0.2, -0.15) is 39.5 Å². The summed E-state index contributed by atoms with van der Waals surface area (Å²) in [6, 6.07) is 18.2. The molecule has 29 heteroatoms. The predicted molar refractivity (Wildman–Crippen MR) is 304 cm³/mol. The van der Waals surface area contributed by atoms with Crippen LogP contribution in [-0.4, -0.2) is 59.8 Å². The highest BCUT2D eigenvalue weighted by Crippen LogP contribution is 2.32. The van der Waals surface area contributed by atoms with Crippen molar-refractivity contribution in [3.05, 3.63) is 246 Å². The lowest BCUT2D eigenvalue weighted by molar-refractivity contribution is -0.142. The van der Waals surface area contributed by atoms with E-state index in [0.29, 0.717) is 10.8 Å². The van der Waals surface area contributed by atoms with Crippen LogP contribution in [0, 0.1) is 62.3 Å². The minimum atomic E-state index is -4.39. The number of aromatic nitrogens is 12. The molecule has 0 amide bonds. The Morgan fingerprint density at radius 1 is 0.353 bits per heavy atom. The van der Waals surface area contributed by atoms with Crippen LogP contribution in [0.25, 0.3) is 0 Å². The van der Waals surface area contributed by atoms with Gasteiger partial charge in [-0.25, -0.2) is 32.5 Å². The quantitative estimate of drug-likeness (QED) is 0.151. The molecule has 0 radical (unpaired) electrons. The summed E-state index contributed by atoms with van der Waals surface area (Å²) in [6.45, 7) is 14.7. The fourth-order valence-corrected chi connectivity index (χ4v) is 6.13. The predicted octanol–water partition coefficient (Wildman–Crippen LogP) is 18.5. The van der Waals surface area contributed by atoms with Crippen molar-refractivity contribution in [2.24, 2.45) is 0 Å². The molecule has 12 nitrogen and oxygen atoms in total. The van der Waals surface area contributed by atoms with E-state index in [1.165, 1.54) is 89.0 Å². The van der Waals surface area contributed by atoms with Gasteiger partial charge in [-0.05, 0) is 154 Å². The molecule has 0 aliphatic rings. The molecule has 85 heavy (non-hydrogen) atoms. The van der Waals surface area contributed by atoms with E-state index < -0.39 is 48.2 Å². The van der Waals surface area contributed by atoms with Crippen molar-refractivity contribution in [1.29, 1.82) is 0 Å². The molecule has 0 unspecified atom stereocenters. The van der Waals surface area contributed by atoms with Crippen LogP contribution in [0.2, 0.25) is 10.2 Å². The molecule has 0 bridgehead atoms. The fraction of sp³-hybridized carbons (Fsp3) is 0.250. The van der Waals surface area contributed by atoms with Crippen LogP contribution < -0.4 is 0 Å². The number of nitrogens with zero attached hydrogens (tertiary/aromatic N) is 12. The van der Waals surface area contributed by atoms with E-state index in [0.717, 1.165) is 55.2 Å². The second-order valence-corrected chi connectivity index (χ2v) is 18.6. The van der Waals surface area contributed by atoms with E-state index in [1.807, 2.05) is 52.0 Å². The molecule has 0 atom stereocenters. The lowest BCUT2D eigenvalue weighted by atomic mass is 10.1. The summed E-state index contributed by atoms with van der Waals surface area (Å²) in [5, 5.41) is 1.21. The van der Waals surface area contributed by atoms with Crippen LogP contribution in [0.4, 0.5) is 57.1 Å². The number of benzene rings is 1. The minimum absolute atomic E-state index is 0.0139. The summed E-state index contributed by atoms with van der Waals surface area (Å²) in [6.07, 6.45) is -0.0822. The van der Waals surface area contributed by atoms with E-state index in [-0.39, 0.29) is 33.9 Å². The van der Waals surface area contributed by atoms with Crippen molar-refractivity contribution in [3.63, 3.8) is 0 Å². The van der Waals surface area contributed by atoms with Crippen molar-refractivity contribution in [2.75, 3.05) is 0 Å². The van der Waals surface area contributed by atoms with Gasteiger partial charge in [-0.3, -0.25) is 44.9 Å². The van der Waals surface area contributed by atoms with Crippen LogP contribution >= 0.6 is 55.1 Å². The van der Waals surface area contributed by atoms with Gasteiger partial charge in [0.1, 0.15) is 15.5 Å². The number of pyridine rings is 4. The summed E-state index contributed by atoms with van der Waals surface area (Å²) >= 11 is 17.7. The first kappa shape index (κ1) is 75.8. The van der Waals surface area contributed by atoms with Crippen molar-refractivity contribution in [2.45, 2.75) is 93.7 Å². The van der Waals surface area contributed by atoms with Gasteiger partial charge in [-0.15, -0.1) is 0 Å². The lowest BCUT2D eigenvalue weighted by Gasteiger charge is -2.08. The Hall–Kier alpha value is -7.23. The van der Waals surface area contributed by atoms with Crippen LogP contribution in [0.15, 0.2) is 156 Å². The molecule has 8 aromatic heterocycles. The summed E-state index contributed by atoms with van der Waals surface area (Å²) in [5.41, 5.74) is 2.13. The molecule has 0 saturated carbocycles. The molecule has 0 saturated heterocycles. The van der Waals surface area contributed by atoms with Gasteiger partial charge >= 0.3 is 18.5 Å². The minimum Gasteiger partial charge on any atom is -0.261 e. The number of alkyl halides is 13. The molecule has 8 heterocycles. The van der Waals surface area contributed by atoms with E-state index in [4.69, 9.17) is 23.2 Å². The maximum Gasteiger partial charge on any atom is 0.435 e. The zero-order chi connectivity index (χ0) is 64.5. The molecule has 456 valence electrons. The summed E-state index contributed by atoms with van der Waals surface area (Å²) in [4.78, 5) is 44.5. The summed E-state index contributed by atoms with van der Waals surface area (Å²) in [7, 11) is 0. The van der Waals surface area contributed by atoms with Gasteiger partial charge in [0.15, 0.2) is 5.69 Å². The molecule has 0 N–H and O–H groups in total. The largest absolute Gasteiger partial charge is 0.435 e. The van der Waals surface area contributed by atoms with Gasteiger partial charge in [0.2, 0.25) is 0 Å².